The molecule has 0 spiro atoms. The highest BCUT2D eigenvalue weighted by Crippen LogP contribution is 2.56. The molecular formula is C32H26NP+2. The maximum absolute atomic E-state index is 2.34. The second-order valence-electron chi connectivity index (χ2n) is 8.62. The fourth-order valence-electron chi connectivity index (χ4n) is 5.36. The molecule has 0 aliphatic heterocycles. The maximum Gasteiger partial charge on any atom is 0.216 e. The molecular weight excluding hydrogens is 429 g/mol. The van der Waals surface area contributed by atoms with Gasteiger partial charge in [0, 0.05) is 12.1 Å². The molecule has 0 saturated carbocycles. The van der Waals surface area contributed by atoms with E-state index in [0.29, 0.717) is 0 Å². The fraction of sp³-hybridized carbons (Fsp3) is 0.0312. The number of fused-ring (bicyclic) bond motifs is 2. The van der Waals surface area contributed by atoms with Gasteiger partial charge in [-0.1, -0.05) is 78.9 Å². The van der Waals surface area contributed by atoms with E-state index in [0.717, 1.165) is 0 Å². The molecule has 0 saturated heterocycles. The average molecular weight is 456 g/mol. The van der Waals surface area contributed by atoms with Crippen LogP contribution in [0.1, 0.15) is 0 Å². The third-order valence-corrected chi connectivity index (χ3v) is 11.2. The molecule has 0 aliphatic rings. The molecule has 1 aromatic heterocycles. The number of hydrogen-bond donors (Lipinski definition) is 0. The molecule has 0 unspecified atom stereocenters. The molecule has 2 heteroatoms. The lowest BCUT2D eigenvalue weighted by Gasteiger charge is -2.29. The first-order chi connectivity index (χ1) is 16.8. The number of para-hydroxylation sites is 2. The lowest BCUT2D eigenvalue weighted by molar-refractivity contribution is -0.617. The summed E-state index contributed by atoms with van der Waals surface area (Å²) >= 11 is 0. The van der Waals surface area contributed by atoms with Crippen molar-refractivity contribution in [2.45, 2.75) is 0 Å². The minimum absolute atomic E-state index is 1.25. The van der Waals surface area contributed by atoms with Crippen molar-refractivity contribution in [2.24, 2.45) is 7.05 Å². The molecule has 0 radical (unpaired) electrons. The summed E-state index contributed by atoms with van der Waals surface area (Å²) in [7, 11) is -0.0472. The monoisotopic (exact) mass is 455 g/mol. The molecule has 1 nitrogen and oxygen atoms in total. The first kappa shape index (κ1) is 20.8. The number of pyridine rings is 1. The molecule has 0 aliphatic carbocycles. The topological polar surface area (TPSA) is 3.88 Å². The summed E-state index contributed by atoms with van der Waals surface area (Å²) in [5.74, 6) is 0. The van der Waals surface area contributed by atoms with Crippen LogP contribution in [-0.2, 0) is 7.05 Å². The number of rotatable bonds is 4. The average Bonchev–Trinajstić information content (AvgIpc) is 2.93. The normalized spacial score (nSPS) is 11.7. The quantitative estimate of drug-likeness (QED) is 0.189. The number of hydrogen-bond acceptors (Lipinski definition) is 0. The zero-order chi connectivity index (χ0) is 23.0. The van der Waals surface area contributed by atoms with Crippen molar-refractivity contribution in [2.75, 3.05) is 0 Å². The molecule has 0 amide bonds. The second-order valence-corrected chi connectivity index (χ2v) is 12.0. The molecule has 6 aromatic rings. The maximum atomic E-state index is 2.34. The Kier molecular flexibility index (Phi) is 5.21. The van der Waals surface area contributed by atoms with Gasteiger partial charge in [0.2, 0.25) is 11.0 Å². The third-order valence-electron chi connectivity index (χ3n) is 6.81. The SMILES string of the molecule is C[n+]1c2ccccc2c([P+](c2ccccc2)(c2ccccc2)c2ccccc2)c2ccccc21. The van der Waals surface area contributed by atoms with Crippen molar-refractivity contribution in [3.8, 4) is 0 Å². The predicted octanol–water partition coefficient (Wildman–Crippen LogP) is 5.44. The van der Waals surface area contributed by atoms with Gasteiger partial charge in [0.1, 0.15) is 35.5 Å². The van der Waals surface area contributed by atoms with E-state index >= 15 is 0 Å². The summed E-state index contributed by atoms with van der Waals surface area (Å²) in [5, 5.41) is 8.17. The Bertz CT molecular complexity index is 1440. The van der Waals surface area contributed by atoms with Crippen LogP contribution >= 0.6 is 7.26 Å². The van der Waals surface area contributed by atoms with Crippen LogP contribution in [0.3, 0.4) is 0 Å². The van der Waals surface area contributed by atoms with Gasteiger partial charge in [0.15, 0.2) is 0 Å². The van der Waals surface area contributed by atoms with Crippen molar-refractivity contribution < 1.29 is 4.57 Å². The summed E-state index contributed by atoms with van der Waals surface area (Å²) in [6.07, 6.45) is 0. The molecule has 6 rings (SSSR count). The Hall–Kier alpha value is -3.80. The first-order valence-corrected chi connectivity index (χ1v) is 13.5. The summed E-state index contributed by atoms with van der Waals surface area (Å²) in [6, 6.07) is 51.2. The standard InChI is InChI=1S/C32H26NP/c1-33-30-23-13-11-21-28(30)32(29-22-12-14-24-31(29)33)34(25-15-5-2-6-16-25,26-17-7-3-8-18-26)27-19-9-4-10-20-27/h2-24H,1H3/q+2. The Morgan fingerprint density at radius 2 is 0.735 bits per heavy atom. The van der Waals surface area contributed by atoms with Crippen LogP contribution in [0.15, 0.2) is 140 Å². The van der Waals surface area contributed by atoms with Crippen LogP contribution in [0, 0.1) is 0 Å². The summed E-state index contributed by atoms with van der Waals surface area (Å²) in [5.41, 5.74) is 2.51. The minimum atomic E-state index is -2.23. The van der Waals surface area contributed by atoms with Gasteiger partial charge in [-0.3, -0.25) is 0 Å². The molecule has 5 aromatic carbocycles. The van der Waals surface area contributed by atoms with Crippen molar-refractivity contribution in [3.05, 3.63) is 140 Å². The Labute approximate surface area is 201 Å². The zero-order valence-electron chi connectivity index (χ0n) is 19.2. The number of aromatic nitrogens is 1. The highest BCUT2D eigenvalue weighted by molar-refractivity contribution is 8.02. The first-order valence-electron chi connectivity index (χ1n) is 11.7. The molecule has 0 N–H and O–H groups in total. The zero-order valence-corrected chi connectivity index (χ0v) is 20.1. The van der Waals surface area contributed by atoms with E-state index in [4.69, 9.17) is 0 Å². The highest BCUT2D eigenvalue weighted by Gasteiger charge is 2.51. The summed E-state index contributed by atoms with van der Waals surface area (Å²) in [6.45, 7) is 0. The van der Waals surface area contributed by atoms with Crippen molar-refractivity contribution in [3.63, 3.8) is 0 Å². The summed E-state index contributed by atoms with van der Waals surface area (Å²) in [4.78, 5) is 0. The lowest BCUT2D eigenvalue weighted by atomic mass is 10.1. The van der Waals surface area contributed by atoms with E-state index < -0.39 is 7.26 Å². The van der Waals surface area contributed by atoms with Gasteiger partial charge in [-0.05, 0) is 48.5 Å². The van der Waals surface area contributed by atoms with Gasteiger partial charge in [0.05, 0.1) is 10.8 Å². The molecule has 1 heterocycles. The van der Waals surface area contributed by atoms with Crippen molar-refractivity contribution in [1.29, 1.82) is 0 Å². The van der Waals surface area contributed by atoms with Crippen LogP contribution in [0.25, 0.3) is 21.8 Å². The van der Waals surface area contributed by atoms with Crippen LogP contribution in [0.5, 0.6) is 0 Å². The molecule has 0 fully saturated rings. The summed E-state index contributed by atoms with van der Waals surface area (Å²) < 4.78 is 2.34. The number of benzene rings is 5. The Morgan fingerprint density at radius 1 is 0.412 bits per heavy atom. The van der Waals surface area contributed by atoms with Gasteiger partial charge >= 0.3 is 0 Å². The second kappa shape index (κ2) is 8.52. The van der Waals surface area contributed by atoms with E-state index in [1.54, 1.807) is 0 Å². The third kappa shape index (κ3) is 3.09. The number of nitrogens with zero attached hydrogens (tertiary/aromatic N) is 1. The van der Waals surface area contributed by atoms with Crippen LogP contribution in [-0.4, -0.2) is 0 Å². The van der Waals surface area contributed by atoms with E-state index in [-0.39, 0.29) is 0 Å². The largest absolute Gasteiger partial charge is 0.216 e. The van der Waals surface area contributed by atoms with Gasteiger partial charge in [-0.15, -0.1) is 0 Å². The number of aryl methyl sites for hydroxylation is 1. The molecule has 0 bridgehead atoms. The van der Waals surface area contributed by atoms with E-state index in [2.05, 4.69) is 151 Å². The van der Waals surface area contributed by atoms with Gasteiger partial charge in [-0.25, -0.2) is 0 Å². The van der Waals surface area contributed by atoms with Gasteiger partial charge in [-0.2, -0.15) is 4.57 Å². The molecule has 0 atom stereocenters. The van der Waals surface area contributed by atoms with Crippen LogP contribution in [0.4, 0.5) is 0 Å². The van der Waals surface area contributed by atoms with E-state index in [1.165, 1.54) is 43.0 Å². The van der Waals surface area contributed by atoms with Gasteiger partial charge in [0.25, 0.3) is 0 Å². The molecule has 162 valence electrons. The van der Waals surface area contributed by atoms with Crippen molar-refractivity contribution in [1.82, 2.24) is 0 Å². The van der Waals surface area contributed by atoms with Crippen LogP contribution in [0.2, 0.25) is 0 Å². The molecule has 34 heavy (non-hydrogen) atoms. The van der Waals surface area contributed by atoms with Gasteiger partial charge < -0.3 is 0 Å². The van der Waals surface area contributed by atoms with E-state index in [1.807, 2.05) is 0 Å². The fourth-order valence-corrected chi connectivity index (χ4v) is 9.99. The van der Waals surface area contributed by atoms with Crippen molar-refractivity contribution >= 4 is 50.3 Å². The smallest absolute Gasteiger partial charge is 0.194 e. The predicted molar refractivity (Wildman–Crippen MR) is 147 cm³/mol. The minimum Gasteiger partial charge on any atom is -0.194 e. The van der Waals surface area contributed by atoms with Crippen LogP contribution < -0.4 is 25.8 Å². The lowest BCUT2D eigenvalue weighted by Crippen LogP contribution is -2.42. The Morgan fingerprint density at radius 3 is 1.12 bits per heavy atom. The van der Waals surface area contributed by atoms with E-state index in [9.17, 15) is 0 Å². The highest BCUT2D eigenvalue weighted by atomic mass is 31.2. The Balaban J connectivity index is 1.93.